The van der Waals surface area contributed by atoms with E-state index >= 15 is 0 Å². The van der Waals surface area contributed by atoms with Crippen molar-refractivity contribution in [1.29, 1.82) is 0 Å². The van der Waals surface area contributed by atoms with Crippen molar-refractivity contribution in [3.05, 3.63) is 66.5 Å². The maximum absolute atomic E-state index is 6.41. The van der Waals surface area contributed by atoms with Crippen LogP contribution < -0.4 is 9.64 Å². The van der Waals surface area contributed by atoms with E-state index in [4.69, 9.17) is 4.74 Å². The zero-order valence-corrected chi connectivity index (χ0v) is 21.0. The van der Waals surface area contributed by atoms with Gasteiger partial charge in [-0.3, -0.25) is 9.88 Å². The lowest BCUT2D eigenvalue weighted by molar-refractivity contribution is 0.0883. The van der Waals surface area contributed by atoms with Crippen molar-refractivity contribution in [3.63, 3.8) is 0 Å². The molecule has 0 unspecified atom stereocenters. The molecule has 0 bridgehead atoms. The van der Waals surface area contributed by atoms with E-state index in [1.165, 1.54) is 47.7 Å². The highest BCUT2D eigenvalue weighted by Gasteiger charge is 2.30. The minimum Gasteiger partial charge on any atom is -0.490 e. The van der Waals surface area contributed by atoms with Crippen molar-refractivity contribution >= 4 is 16.5 Å². The molecule has 0 atom stereocenters. The lowest BCUT2D eigenvalue weighted by Crippen LogP contribution is -2.46. The van der Waals surface area contributed by atoms with Crippen LogP contribution in [0.2, 0.25) is 0 Å². The number of piperazine rings is 1. The summed E-state index contributed by atoms with van der Waals surface area (Å²) >= 11 is 0. The Morgan fingerprint density at radius 3 is 2.32 bits per heavy atom. The number of pyridine rings is 1. The van der Waals surface area contributed by atoms with Crippen LogP contribution in [0.4, 0.5) is 5.69 Å². The minimum absolute atomic E-state index is 0.362. The maximum Gasteiger partial charge on any atom is 0.120 e. The maximum atomic E-state index is 6.41. The molecule has 2 fully saturated rings. The fourth-order valence-corrected chi connectivity index (χ4v) is 5.65. The molecule has 1 aliphatic carbocycles. The van der Waals surface area contributed by atoms with Crippen LogP contribution in [0.15, 0.2) is 60.9 Å². The zero-order chi connectivity index (χ0) is 23.5. The van der Waals surface area contributed by atoms with Gasteiger partial charge in [0, 0.05) is 38.9 Å². The van der Waals surface area contributed by atoms with Crippen molar-refractivity contribution in [3.8, 4) is 5.75 Å². The van der Waals surface area contributed by atoms with Gasteiger partial charge in [0.15, 0.2) is 0 Å². The van der Waals surface area contributed by atoms with Gasteiger partial charge in [-0.05, 0) is 83.7 Å². The fraction of sp³-hybridized carbons (Fsp3) is 0.500. The largest absolute Gasteiger partial charge is 0.490 e. The number of hydrogen-bond acceptors (Lipinski definition) is 4. The lowest BCUT2D eigenvalue weighted by atomic mass is 9.72. The average Bonchev–Trinajstić information content (AvgIpc) is 2.85. The molecule has 0 N–H and O–H groups in total. The van der Waals surface area contributed by atoms with Gasteiger partial charge in [-0.15, -0.1) is 0 Å². The third kappa shape index (κ3) is 5.55. The van der Waals surface area contributed by atoms with Crippen molar-refractivity contribution in [2.24, 2.45) is 11.3 Å². The monoisotopic (exact) mass is 457 g/mol. The second kappa shape index (κ2) is 9.95. The van der Waals surface area contributed by atoms with Crippen LogP contribution in [0.5, 0.6) is 5.75 Å². The fourth-order valence-electron chi connectivity index (χ4n) is 5.65. The number of rotatable bonds is 5. The third-order valence-electron chi connectivity index (χ3n) is 7.87. The standard InChI is InChI=1S/C30H39N3O/c1-30(2,3)26-9-12-28(13-10-26)34-29-11-8-24-19-23(6-7-25(24)20-29)22-32-15-17-33(18-16-32)27-5-4-14-31-21-27/h4-8,11,14,19-21,26,28H,9-10,12-13,15-18,22H2,1-3H3. The Morgan fingerprint density at radius 1 is 0.882 bits per heavy atom. The van der Waals surface area contributed by atoms with Crippen LogP contribution in [0.3, 0.4) is 0 Å². The first kappa shape index (κ1) is 23.2. The van der Waals surface area contributed by atoms with Crippen LogP contribution >= 0.6 is 0 Å². The molecule has 34 heavy (non-hydrogen) atoms. The average molecular weight is 458 g/mol. The highest BCUT2D eigenvalue weighted by molar-refractivity contribution is 5.84. The summed E-state index contributed by atoms with van der Waals surface area (Å²) in [4.78, 5) is 9.25. The number of ether oxygens (including phenoxy) is 1. The predicted octanol–water partition coefficient (Wildman–Crippen LogP) is 6.54. The SMILES string of the molecule is CC(C)(C)C1CCC(Oc2ccc3cc(CN4CCN(c5cccnc5)CC4)ccc3c2)CC1. The molecule has 1 saturated heterocycles. The summed E-state index contributed by atoms with van der Waals surface area (Å²) < 4.78 is 6.41. The summed E-state index contributed by atoms with van der Waals surface area (Å²) in [6.45, 7) is 12.4. The second-order valence-electron chi connectivity index (χ2n) is 11.3. The predicted molar refractivity (Wildman–Crippen MR) is 142 cm³/mol. The number of nitrogens with zero attached hydrogens (tertiary/aromatic N) is 3. The van der Waals surface area contributed by atoms with Gasteiger partial charge < -0.3 is 9.64 Å². The molecule has 3 aromatic rings. The van der Waals surface area contributed by atoms with Crippen LogP contribution in [0.1, 0.15) is 52.0 Å². The van der Waals surface area contributed by atoms with Gasteiger partial charge in [0.25, 0.3) is 0 Å². The molecule has 1 aromatic heterocycles. The molecule has 0 amide bonds. The molecule has 180 valence electrons. The van der Waals surface area contributed by atoms with Crippen molar-refractivity contribution in [2.75, 3.05) is 31.1 Å². The van der Waals surface area contributed by atoms with E-state index in [-0.39, 0.29) is 0 Å². The summed E-state index contributed by atoms with van der Waals surface area (Å²) in [7, 11) is 0. The van der Waals surface area contributed by atoms with Gasteiger partial charge in [-0.25, -0.2) is 0 Å². The highest BCUT2D eigenvalue weighted by Crippen LogP contribution is 2.39. The van der Waals surface area contributed by atoms with E-state index in [0.717, 1.165) is 44.4 Å². The molecular formula is C30H39N3O. The topological polar surface area (TPSA) is 28.6 Å². The van der Waals surface area contributed by atoms with Crippen molar-refractivity contribution in [1.82, 2.24) is 9.88 Å². The smallest absolute Gasteiger partial charge is 0.120 e. The normalized spacial score (nSPS) is 22.1. The van der Waals surface area contributed by atoms with Crippen molar-refractivity contribution in [2.45, 2.75) is 59.1 Å². The Kier molecular flexibility index (Phi) is 6.78. The summed E-state index contributed by atoms with van der Waals surface area (Å²) in [5, 5.41) is 2.57. The quantitative estimate of drug-likeness (QED) is 0.435. The van der Waals surface area contributed by atoms with Gasteiger partial charge in [-0.1, -0.05) is 39.0 Å². The molecule has 4 heteroatoms. The van der Waals surface area contributed by atoms with E-state index < -0.39 is 0 Å². The van der Waals surface area contributed by atoms with Gasteiger partial charge in [-0.2, -0.15) is 0 Å². The highest BCUT2D eigenvalue weighted by atomic mass is 16.5. The van der Waals surface area contributed by atoms with Gasteiger partial charge in [0.05, 0.1) is 18.0 Å². The minimum atomic E-state index is 0.362. The first-order chi connectivity index (χ1) is 16.4. The summed E-state index contributed by atoms with van der Waals surface area (Å²) in [6.07, 6.45) is 9.07. The van der Waals surface area contributed by atoms with Crippen LogP contribution in [0, 0.1) is 11.3 Å². The Bertz CT molecular complexity index is 1080. The number of aromatic nitrogens is 1. The van der Waals surface area contributed by atoms with Crippen LogP contribution in [-0.2, 0) is 6.54 Å². The van der Waals surface area contributed by atoms with Gasteiger partial charge >= 0.3 is 0 Å². The lowest BCUT2D eigenvalue weighted by Gasteiger charge is -2.37. The van der Waals surface area contributed by atoms with E-state index in [0.29, 0.717) is 11.5 Å². The molecule has 5 rings (SSSR count). The van der Waals surface area contributed by atoms with Crippen molar-refractivity contribution < 1.29 is 4.74 Å². The van der Waals surface area contributed by atoms with E-state index in [2.05, 4.69) is 78.0 Å². The molecule has 4 nitrogen and oxygen atoms in total. The zero-order valence-electron chi connectivity index (χ0n) is 21.0. The van der Waals surface area contributed by atoms with E-state index in [1.54, 1.807) is 0 Å². The molecule has 2 aromatic carbocycles. The Hall–Kier alpha value is -2.59. The Morgan fingerprint density at radius 2 is 1.62 bits per heavy atom. The molecule has 2 aliphatic rings. The molecule has 1 saturated carbocycles. The Labute approximate surface area is 204 Å². The molecule has 0 spiro atoms. The number of fused-ring (bicyclic) bond motifs is 1. The number of benzene rings is 2. The van der Waals surface area contributed by atoms with Crippen LogP contribution in [0.25, 0.3) is 10.8 Å². The summed E-state index contributed by atoms with van der Waals surface area (Å²) in [5.41, 5.74) is 3.03. The number of hydrogen-bond donors (Lipinski definition) is 0. The third-order valence-corrected chi connectivity index (χ3v) is 7.87. The van der Waals surface area contributed by atoms with Gasteiger partial charge in [0.2, 0.25) is 0 Å². The van der Waals surface area contributed by atoms with E-state index in [9.17, 15) is 0 Å². The first-order valence-corrected chi connectivity index (χ1v) is 13.0. The van der Waals surface area contributed by atoms with Gasteiger partial charge in [0.1, 0.15) is 5.75 Å². The number of anilines is 1. The van der Waals surface area contributed by atoms with E-state index in [1.807, 2.05) is 18.5 Å². The Balaban J connectivity index is 1.16. The second-order valence-corrected chi connectivity index (χ2v) is 11.3. The summed E-state index contributed by atoms with van der Waals surface area (Å²) in [5.74, 6) is 1.84. The molecular weight excluding hydrogens is 418 g/mol. The molecule has 0 radical (unpaired) electrons. The summed E-state index contributed by atoms with van der Waals surface area (Å²) in [6, 6.07) is 17.7. The molecule has 2 heterocycles. The molecule has 1 aliphatic heterocycles. The van der Waals surface area contributed by atoms with Crippen LogP contribution in [-0.4, -0.2) is 42.2 Å². The first-order valence-electron chi connectivity index (χ1n) is 13.0.